The van der Waals surface area contributed by atoms with E-state index in [0.29, 0.717) is 42.9 Å². The van der Waals surface area contributed by atoms with Gasteiger partial charge in [0.1, 0.15) is 16.3 Å². The quantitative estimate of drug-likeness (QED) is 0.466. The van der Waals surface area contributed by atoms with E-state index in [-0.39, 0.29) is 17.9 Å². The van der Waals surface area contributed by atoms with E-state index in [4.69, 9.17) is 4.98 Å². The number of carbonyl (C=O) groups excluding carboxylic acids is 1. The summed E-state index contributed by atoms with van der Waals surface area (Å²) in [4.78, 5) is 25.5. The maximum absolute atomic E-state index is 13.4. The number of nitrogens with zero attached hydrogens (tertiary/aromatic N) is 5. The lowest BCUT2D eigenvalue weighted by Crippen LogP contribution is -2.41. The molecule has 2 fully saturated rings. The van der Waals surface area contributed by atoms with Gasteiger partial charge in [0.15, 0.2) is 5.82 Å². The van der Waals surface area contributed by atoms with Crippen LogP contribution < -0.4 is 10.0 Å². The Bertz CT molecular complexity index is 1170. The Hall–Kier alpha value is -2.41. The number of rotatable bonds is 8. The molecular formula is C21H26N7O3S2-. The van der Waals surface area contributed by atoms with Gasteiger partial charge in [-0.25, -0.2) is 19.2 Å². The third kappa shape index (κ3) is 5.08. The van der Waals surface area contributed by atoms with Crippen LogP contribution in [-0.4, -0.2) is 64.8 Å². The Balaban J connectivity index is 1.38. The van der Waals surface area contributed by atoms with Crippen LogP contribution in [0.25, 0.3) is 16.2 Å². The molecule has 1 amide bonds. The lowest BCUT2D eigenvalue weighted by Gasteiger charge is -2.32. The summed E-state index contributed by atoms with van der Waals surface area (Å²) >= 11 is -0.702. The normalized spacial score (nSPS) is 19.0. The number of likely N-dealkylation sites (tertiary alicyclic amines) is 1. The van der Waals surface area contributed by atoms with Gasteiger partial charge in [-0.05, 0) is 44.4 Å². The number of fused-ring (bicyclic) bond motifs is 1. The molecule has 0 bridgehead atoms. The molecule has 1 aliphatic carbocycles. The third-order valence-electron chi connectivity index (χ3n) is 6.41. The molecule has 4 heterocycles. The van der Waals surface area contributed by atoms with Crippen molar-refractivity contribution >= 4 is 39.2 Å². The Labute approximate surface area is 198 Å². The van der Waals surface area contributed by atoms with Crippen molar-refractivity contribution in [2.75, 3.05) is 25.0 Å². The Morgan fingerprint density at radius 2 is 2.09 bits per heavy atom. The molecule has 2 aliphatic rings. The second-order valence-corrected chi connectivity index (χ2v) is 10.4. The van der Waals surface area contributed by atoms with Crippen molar-refractivity contribution in [3.63, 3.8) is 0 Å². The zero-order chi connectivity index (χ0) is 22.9. The van der Waals surface area contributed by atoms with Crippen LogP contribution in [0.3, 0.4) is 0 Å². The molecule has 5 rings (SSSR count). The van der Waals surface area contributed by atoms with Crippen LogP contribution >= 0.6 is 11.3 Å². The molecular weight excluding hydrogens is 462 g/mol. The van der Waals surface area contributed by atoms with E-state index in [1.807, 2.05) is 11.6 Å². The van der Waals surface area contributed by atoms with Crippen LogP contribution in [0.2, 0.25) is 0 Å². The van der Waals surface area contributed by atoms with Crippen molar-refractivity contribution in [3.05, 3.63) is 29.5 Å². The van der Waals surface area contributed by atoms with Gasteiger partial charge in [0.05, 0.1) is 11.8 Å². The summed E-state index contributed by atoms with van der Waals surface area (Å²) in [5.74, 6) is 1.87. The third-order valence-corrected chi connectivity index (χ3v) is 7.70. The predicted molar refractivity (Wildman–Crippen MR) is 125 cm³/mol. The fourth-order valence-corrected chi connectivity index (χ4v) is 5.43. The van der Waals surface area contributed by atoms with Crippen molar-refractivity contribution in [3.8, 4) is 11.4 Å². The summed E-state index contributed by atoms with van der Waals surface area (Å²) in [6.45, 7) is 3.69. The van der Waals surface area contributed by atoms with Gasteiger partial charge in [-0.3, -0.25) is 9.00 Å². The molecule has 2 atom stereocenters. The van der Waals surface area contributed by atoms with Crippen molar-refractivity contribution < 1.29 is 13.6 Å². The van der Waals surface area contributed by atoms with Crippen LogP contribution in [0.5, 0.6) is 0 Å². The number of hydrogen-bond donors (Lipinski definition) is 2. The van der Waals surface area contributed by atoms with Crippen molar-refractivity contribution in [1.82, 2.24) is 29.2 Å². The molecule has 1 aliphatic heterocycles. The largest absolute Gasteiger partial charge is 0.760 e. The van der Waals surface area contributed by atoms with Crippen LogP contribution in [-0.2, 0) is 11.3 Å². The fourth-order valence-electron chi connectivity index (χ4n) is 4.27. The number of thiazole rings is 1. The number of carbonyl (C=O) groups is 1. The zero-order valence-corrected chi connectivity index (χ0v) is 19.9. The second-order valence-electron chi connectivity index (χ2n) is 8.76. The summed E-state index contributed by atoms with van der Waals surface area (Å²) in [6, 6.07) is 2.02. The zero-order valence-electron chi connectivity index (χ0n) is 18.3. The molecule has 10 nitrogen and oxygen atoms in total. The lowest BCUT2D eigenvalue weighted by atomic mass is 9.97. The molecule has 1 saturated carbocycles. The molecule has 1 saturated heterocycles. The maximum Gasteiger partial charge on any atom is 0.272 e. The average Bonchev–Trinajstić information content (AvgIpc) is 3.43. The number of hydrogen-bond acceptors (Lipinski definition) is 8. The van der Waals surface area contributed by atoms with E-state index in [1.165, 1.54) is 12.8 Å². The number of anilines is 1. The van der Waals surface area contributed by atoms with Gasteiger partial charge < -0.3 is 14.8 Å². The molecule has 3 aromatic rings. The average molecular weight is 489 g/mol. The van der Waals surface area contributed by atoms with Crippen LogP contribution in [0.1, 0.15) is 43.1 Å². The standard InChI is InChI=1S/C21H27N7O3S2/c1-13(15-2-3-15)24-18-10-17(20(29)27-6-4-14(5-7-27)11-23-33(30)31)25-19(26-18)16-12-22-28-8-9-32-21(16)28/h8-10,12-15,23H,2-7,11H2,1H3,(H,30,31)(H,24,25,26)/p-1/t13-/m0/s1. The summed E-state index contributed by atoms with van der Waals surface area (Å²) in [5, 5.41) is 9.79. The molecule has 0 spiro atoms. The van der Waals surface area contributed by atoms with E-state index in [2.05, 4.69) is 27.0 Å². The predicted octanol–water partition coefficient (Wildman–Crippen LogP) is 2.30. The highest BCUT2D eigenvalue weighted by Crippen LogP contribution is 2.34. The maximum atomic E-state index is 13.4. The Morgan fingerprint density at radius 3 is 2.82 bits per heavy atom. The first-order valence-electron chi connectivity index (χ1n) is 11.2. The molecule has 33 heavy (non-hydrogen) atoms. The Kier molecular flexibility index (Phi) is 6.41. The van der Waals surface area contributed by atoms with E-state index < -0.39 is 11.3 Å². The van der Waals surface area contributed by atoms with Gasteiger partial charge in [-0.2, -0.15) is 5.10 Å². The molecule has 0 radical (unpaired) electrons. The van der Waals surface area contributed by atoms with Crippen molar-refractivity contribution in [2.45, 2.75) is 38.6 Å². The summed E-state index contributed by atoms with van der Waals surface area (Å²) in [5.41, 5.74) is 1.16. The van der Waals surface area contributed by atoms with Crippen LogP contribution in [0.4, 0.5) is 5.82 Å². The minimum Gasteiger partial charge on any atom is -0.760 e. The van der Waals surface area contributed by atoms with Crippen LogP contribution in [0.15, 0.2) is 23.8 Å². The summed E-state index contributed by atoms with van der Waals surface area (Å²) in [6.07, 6.45) is 7.53. The van der Waals surface area contributed by atoms with Gasteiger partial charge in [-0.15, -0.1) is 11.3 Å². The first kappa shape index (κ1) is 22.4. The van der Waals surface area contributed by atoms with E-state index >= 15 is 0 Å². The SMILES string of the molecule is C[C@H](Nc1cc(C(=O)N2CCC(CNS(=O)[O-])CC2)nc(-c2cnn3ccsc23)n1)C1CC1. The van der Waals surface area contributed by atoms with Gasteiger partial charge in [0.25, 0.3) is 5.91 Å². The molecule has 3 aromatic heterocycles. The minimum atomic E-state index is -2.26. The van der Waals surface area contributed by atoms with E-state index in [1.54, 1.807) is 33.0 Å². The number of piperidine rings is 1. The second kappa shape index (κ2) is 9.45. The molecule has 176 valence electrons. The summed E-state index contributed by atoms with van der Waals surface area (Å²) in [7, 11) is 0. The minimum absolute atomic E-state index is 0.130. The molecule has 0 aromatic carbocycles. The van der Waals surface area contributed by atoms with Crippen LogP contribution in [0, 0.1) is 11.8 Å². The van der Waals surface area contributed by atoms with Gasteiger partial charge in [-0.1, -0.05) is 0 Å². The highest BCUT2D eigenvalue weighted by molar-refractivity contribution is 7.77. The molecule has 12 heteroatoms. The molecule has 2 N–H and O–H groups in total. The van der Waals surface area contributed by atoms with Gasteiger partial charge in [0, 0.05) is 54.6 Å². The number of amides is 1. The first-order valence-corrected chi connectivity index (χ1v) is 13.1. The smallest absolute Gasteiger partial charge is 0.272 e. The molecule has 1 unspecified atom stereocenters. The van der Waals surface area contributed by atoms with E-state index in [9.17, 15) is 13.6 Å². The monoisotopic (exact) mass is 488 g/mol. The Morgan fingerprint density at radius 1 is 1.30 bits per heavy atom. The lowest BCUT2D eigenvalue weighted by molar-refractivity contribution is 0.0686. The first-order chi connectivity index (χ1) is 16.0. The number of nitrogens with one attached hydrogen (secondary N) is 2. The fraction of sp³-hybridized carbons (Fsp3) is 0.524. The highest BCUT2D eigenvalue weighted by atomic mass is 32.2. The van der Waals surface area contributed by atoms with Gasteiger partial charge >= 0.3 is 0 Å². The highest BCUT2D eigenvalue weighted by Gasteiger charge is 2.29. The topological polar surface area (TPSA) is 128 Å². The van der Waals surface area contributed by atoms with Crippen molar-refractivity contribution in [1.29, 1.82) is 0 Å². The van der Waals surface area contributed by atoms with E-state index in [0.717, 1.165) is 23.2 Å². The van der Waals surface area contributed by atoms with Gasteiger partial charge in [0.2, 0.25) is 0 Å². The number of aromatic nitrogens is 4. The van der Waals surface area contributed by atoms with Crippen molar-refractivity contribution in [2.24, 2.45) is 11.8 Å². The summed E-state index contributed by atoms with van der Waals surface area (Å²) < 4.78 is 25.7.